The van der Waals surface area contributed by atoms with Gasteiger partial charge in [0.05, 0.1) is 5.69 Å². The maximum atomic E-state index is 4.07. The van der Waals surface area contributed by atoms with Crippen molar-refractivity contribution in [1.82, 2.24) is 10.2 Å². The largest absolute Gasteiger partial charge is 0.368 e. The smallest absolute Gasteiger partial charge is 0.121 e. The van der Waals surface area contributed by atoms with Crippen LogP contribution >= 0.6 is 0 Å². The summed E-state index contributed by atoms with van der Waals surface area (Å²) in [6, 6.07) is 2.73. The Hall–Kier alpha value is -0.990. The summed E-state index contributed by atoms with van der Waals surface area (Å²) in [6.07, 6.45) is 5.34. The van der Waals surface area contributed by atoms with Crippen molar-refractivity contribution in [3.63, 3.8) is 0 Å². The Bertz CT molecular complexity index is 248. The van der Waals surface area contributed by atoms with Gasteiger partial charge in [0.1, 0.15) is 5.82 Å². The number of nitrogens with zero attached hydrogens (tertiary/aromatic N) is 1. The van der Waals surface area contributed by atoms with E-state index in [1.807, 2.05) is 6.92 Å². The molecule has 66 valence electrons. The molecule has 1 saturated carbocycles. The third-order valence-electron chi connectivity index (χ3n) is 2.42. The van der Waals surface area contributed by atoms with Gasteiger partial charge < -0.3 is 5.32 Å². The molecule has 12 heavy (non-hydrogen) atoms. The first-order valence-electron chi connectivity index (χ1n) is 4.63. The number of hydrogen-bond donors (Lipinski definition) is 2. The molecule has 1 aromatic rings. The molecule has 2 rings (SSSR count). The minimum atomic E-state index is 0.671. The predicted octanol–water partition coefficient (Wildman–Crippen LogP) is 2.07. The summed E-state index contributed by atoms with van der Waals surface area (Å²) in [5.41, 5.74) is 1.05. The van der Waals surface area contributed by atoms with Crippen molar-refractivity contribution in [2.75, 3.05) is 5.32 Å². The highest BCUT2D eigenvalue weighted by Crippen LogP contribution is 2.21. The van der Waals surface area contributed by atoms with E-state index in [-0.39, 0.29) is 0 Å². The van der Waals surface area contributed by atoms with E-state index in [0.717, 1.165) is 11.5 Å². The molecule has 1 aliphatic rings. The van der Waals surface area contributed by atoms with Crippen molar-refractivity contribution in [2.24, 2.45) is 0 Å². The molecule has 0 spiro atoms. The molecule has 0 saturated heterocycles. The fourth-order valence-electron chi connectivity index (χ4n) is 1.79. The number of hydrogen-bond acceptors (Lipinski definition) is 2. The molecule has 1 heterocycles. The number of aromatic amines is 1. The van der Waals surface area contributed by atoms with Gasteiger partial charge in [-0.3, -0.25) is 5.10 Å². The highest BCUT2D eigenvalue weighted by molar-refractivity contribution is 5.36. The zero-order valence-electron chi connectivity index (χ0n) is 7.43. The number of aryl methyl sites for hydroxylation is 1. The molecule has 0 atom stereocenters. The van der Waals surface area contributed by atoms with E-state index in [0.29, 0.717) is 6.04 Å². The standard InChI is InChI=1S/C9H15N3/c1-7-6-9(12-11-7)10-8-4-2-3-5-8/h6,8H,2-5H2,1H3,(H2,10,11,12). The third-order valence-corrected chi connectivity index (χ3v) is 2.42. The maximum Gasteiger partial charge on any atom is 0.121 e. The van der Waals surface area contributed by atoms with Gasteiger partial charge in [0.15, 0.2) is 0 Å². The zero-order chi connectivity index (χ0) is 8.39. The first-order chi connectivity index (χ1) is 5.84. The van der Waals surface area contributed by atoms with Crippen LogP contribution in [-0.2, 0) is 0 Å². The minimum absolute atomic E-state index is 0.671. The molecule has 0 aliphatic heterocycles. The Morgan fingerprint density at radius 3 is 2.83 bits per heavy atom. The van der Waals surface area contributed by atoms with Crippen LogP contribution in [-0.4, -0.2) is 16.2 Å². The summed E-state index contributed by atoms with van der Waals surface area (Å²) in [6.45, 7) is 2.00. The van der Waals surface area contributed by atoms with Gasteiger partial charge in [-0.1, -0.05) is 12.8 Å². The van der Waals surface area contributed by atoms with E-state index >= 15 is 0 Å². The van der Waals surface area contributed by atoms with Gasteiger partial charge >= 0.3 is 0 Å². The fourth-order valence-corrected chi connectivity index (χ4v) is 1.79. The third kappa shape index (κ3) is 1.60. The van der Waals surface area contributed by atoms with Crippen LogP contribution in [0.1, 0.15) is 31.4 Å². The minimum Gasteiger partial charge on any atom is -0.368 e. The van der Waals surface area contributed by atoms with E-state index in [4.69, 9.17) is 0 Å². The topological polar surface area (TPSA) is 40.7 Å². The van der Waals surface area contributed by atoms with Crippen molar-refractivity contribution < 1.29 is 0 Å². The zero-order valence-corrected chi connectivity index (χ0v) is 7.43. The number of rotatable bonds is 2. The van der Waals surface area contributed by atoms with E-state index < -0.39 is 0 Å². The van der Waals surface area contributed by atoms with Gasteiger partial charge in [0.25, 0.3) is 0 Å². The van der Waals surface area contributed by atoms with E-state index in [1.165, 1.54) is 25.7 Å². The van der Waals surface area contributed by atoms with Crippen LogP contribution in [0.4, 0.5) is 5.82 Å². The highest BCUT2D eigenvalue weighted by atomic mass is 15.2. The van der Waals surface area contributed by atoms with Crippen LogP contribution in [0.3, 0.4) is 0 Å². The van der Waals surface area contributed by atoms with Crippen LogP contribution in [0.15, 0.2) is 6.07 Å². The predicted molar refractivity (Wildman–Crippen MR) is 49.2 cm³/mol. The van der Waals surface area contributed by atoms with Crippen LogP contribution in [0.5, 0.6) is 0 Å². The normalized spacial score (nSPS) is 18.4. The first-order valence-corrected chi connectivity index (χ1v) is 4.63. The first kappa shape index (κ1) is 7.65. The van der Waals surface area contributed by atoms with Crippen LogP contribution in [0.25, 0.3) is 0 Å². The summed E-state index contributed by atoms with van der Waals surface area (Å²) in [7, 11) is 0. The molecule has 1 aromatic heterocycles. The quantitative estimate of drug-likeness (QED) is 0.704. The number of anilines is 1. The monoisotopic (exact) mass is 165 g/mol. The molecule has 0 aromatic carbocycles. The average molecular weight is 165 g/mol. The van der Waals surface area contributed by atoms with Crippen LogP contribution < -0.4 is 5.32 Å². The van der Waals surface area contributed by atoms with Crippen molar-refractivity contribution in [3.8, 4) is 0 Å². The van der Waals surface area contributed by atoms with Gasteiger partial charge in [-0.25, -0.2) is 0 Å². The van der Waals surface area contributed by atoms with Crippen molar-refractivity contribution in [1.29, 1.82) is 0 Å². The van der Waals surface area contributed by atoms with Gasteiger partial charge in [-0.15, -0.1) is 0 Å². The summed E-state index contributed by atoms with van der Waals surface area (Å²) in [4.78, 5) is 0. The van der Waals surface area contributed by atoms with E-state index in [1.54, 1.807) is 0 Å². The number of nitrogens with one attached hydrogen (secondary N) is 2. The second kappa shape index (κ2) is 3.17. The Kier molecular flexibility index (Phi) is 2.02. The van der Waals surface area contributed by atoms with Gasteiger partial charge in [0, 0.05) is 12.1 Å². The molecular formula is C9H15N3. The Balaban J connectivity index is 1.94. The molecular weight excluding hydrogens is 150 g/mol. The second-order valence-electron chi connectivity index (χ2n) is 3.55. The molecule has 0 unspecified atom stereocenters. The summed E-state index contributed by atoms with van der Waals surface area (Å²) in [5.74, 6) is 1.07. The SMILES string of the molecule is Cc1cc(NC2CCCC2)[nH]n1. The van der Waals surface area contributed by atoms with Crippen LogP contribution in [0, 0.1) is 6.92 Å². The lowest BCUT2D eigenvalue weighted by atomic mass is 10.2. The fraction of sp³-hybridized carbons (Fsp3) is 0.667. The molecule has 0 bridgehead atoms. The summed E-state index contributed by atoms with van der Waals surface area (Å²) in [5, 5.41) is 10.5. The Morgan fingerprint density at radius 2 is 2.25 bits per heavy atom. The van der Waals surface area contributed by atoms with Crippen molar-refractivity contribution >= 4 is 5.82 Å². The second-order valence-corrected chi connectivity index (χ2v) is 3.55. The lowest BCUT2D eigenvalue weighted by molar-refractivity contribution is 0.749. The molecule has 0 amide bonds. The molecule has 3 nitrogen and oxygen atoms in total. The van der Waals surface area contributed by atoms with Gasteiger partial charge in [0.2, 0.25) is 0 Å². The molecule has 1 aliphatic carbocycles. The molecule has 2 N–H and O–H groups in total. The molecule has 3 heteroatoms. The highest BCUT2D eigenvalue weighted by Gasteiger charge is 2.14. The van der Waals surface area contributed by atoms with Gasteiger partial charge in [-0.2, -0.15) is 5.10 Å². The average Bonchev–Trinajstić information content (AvgIpc) is 2.63. The van der Waals surface area contributed by atoms with Crippen LogP contribution in [0.2, 0.25) is 0 Å². The Labute approximate surface area is 72.6 Å². The van der Waals surface area contributed by atoms with Gasteiger partial charge in [-0.05, 0) is 19.8 Å². The molecule has 1 fully saturated rings. The lowest BCUT2D eigenvalue weighted by Crippen LogP contribution is -2.14. The molecule has 0 radical (unpaired) electrons. The maximum absolute atomic E-state index is 4.07. The number of H-pyrrole nitrogens is 1. The van der Waals surface area contributed by atoms with Crippen molar-refractivity contribution in [3.05, 3.63) is 11.8 Å². The summed E-state index contributed by atoms with van der Waals surface area (Å²) < 4.78 is 0. The van der Waals surface area contributed by atoms with Crippen molar-refractivity contribution in [2.45, 2.75) is 38.6 Å². The van der Waals surface area contributed by atoms with E-state index in [2.05, 4.69) is 21.6 Å². The Morgan fingerprint density at radius 1 is 1.50 bits per heavy atom. The lowest BCUT2D eigenvalue weighted by Gasteiger charge is -2.09. The summed E-state index contributed by atoms with van der Waals surface area (Å²) >= 11 is 0. The number of aromatic nitrogens is 2. The van der Waals surface area contributed by atoms with E-state index in [9.17, 15) is 0 Å².